The van der Waals surface area contributed by atoms with E-state index in [1.54, 1.807) is 36.5 Å². The van der Waals surface area contributed by atoms with Gasteiger partial charge in [0.25, 0.3) is 10.0 Å². The van der Waals surface area contributed by atoms with Crippen LogP contribution in [0.3, 0.4) is 0 Å². The van der Waals surface area contributed by atoms with Crippen LogP contribution in [0.4, 0.5) is 5.69 Å². The topological polar surface area (TPSA) is 86.9 Å². The third kappa shape index (κ3) is 3.08. The predicted octanol–water partition coefficient (Wildman–Crippen LogP) is 3.94. The molecule has 0 bridgehead atoms. The van der Waals surface area contributed by atoms with Crippen LogP contribution < -0.4 is 10.0 Å². The summed E-state index contributed by atoms with van der Waals surface area (Å²) in [5, 5.41) is 4.13. The lowest BCUT2D eigenvalue weighted by molar-refractivity contribution is 0.601. The van der Waals surface area contributed by atoms with Gasteiger partial charge in [0.2, 0.25) is 0 Å². The summed E-state index contributed by atoms with van der Waals surface area (Å²) in [6.45, 7) is 3.58. The molecule has 3 N–H and O–H groups in total. The Morgan fingerprint density at radius 3 is 2.66 bits per heavy atom. The van der Waals surface area contributed by atoms with Crippen molar-refractivity contribution in [2.45, 2.75) is 24.9 Å². The fourth-order valence-corrected chi connectivity index (χ4v) is 4.97. The molecule has 146 valence electrons. The molecule has 0 atom stereocenters. The second-order valence-electron chi connectivity index (χ2n) is 7.25. The van der Waals surface area contributed by atoms with Gasteiger partial charge in [-0.2, -0.15) is 0 Å². The van der Waals surface area contributed by atoms with Gasteiger partial charge in [0.1, 0.15) is 5.65 Å². The Morgan fingerprint density at radius 1 is 1.03 bits per heavy atom. The molecule has 1 aliphatic rings. The highest BCUT2D eigenvalue weighted by Crippen LogP contribution is 2.37. The highest BCUT2D eigenvalue weighted by molar-refractivity contribution is 7.92. The van der Waals surface area contributed by atoms with Gasteiger partial charge in [0.15, 0.2) is 0 Å². The van der Waals surface area contributed by atoms with E-state index in [4.69, 9.17) is 0 Å². The SMILES string of the molecule is Cc1cnc2[nH]cc(-c3ccc4c(c3)CNC4)c2c1NS(=O)(=O)c1ccccc1. The zero-order chi connectivity index (χ0) is 20.0. The summed E-state index contributed by atoms with van der Waals surface area (Å²) in [4.78, 5) is 7.87. The lowest BCUT2D eigenvalue weighted by Crippen LogP contribution is -2.14. The smallest absolute Gasteiger partial charge is 0.261 e. The lowest BCUT2D eigenvalue weighted by Gasteiger charge is -2.13. The van der Waals surface area contributed by atoms with E-state index in [0.29, 0.717) is 11.3 Å². The number of benzene rings is 2. The summed E-state index contributed by atoms with van der Waals surface area (Å²) in [5.41, 5.74) is 6.49. The van der Waals surface area contributed by atoms with E-state index < -0.39 is 10.0 Å². The summed E-state index contributed by atoms with van der Waals surface area (Å²) in [5.74, 6) is 0. The van der Waals surface area contributed by atoms with Crippen LogP contribution in [0.15, 0.2) is 65.8 Å². The number of aryl methyl sites for hydroxylation is 1. The van der Waals surface area contributed by atoms with Crippen LogP contribution in [-0.4, -0.2) is 18.4 Å². The van der Waals surface area contributed by atoms with Crippen LogP contribution in [0, 0.1) is 6.92 Å². The zero-order valence-electron chi connectivity index (χ0n) is 15.9. The van der Waals surface area contributed by atoms with Crippen LogP contribution in [0.2, 0.25) is 0 Å². The van der Waals surface area contributed by atoms with E-state index >= 15 is 0 Å². The molecule has 0 aliphatic carbocycles. The summed E-state index contributed by atoms with van der Waals surface area (Å²) >= 11 is 0. The number of nitrogens with one attached hydrogen (secondary N) is 3. The number of hydrogen-bond acceptors (Lipinski definition) is 4. The van der Waals surface area contributed by atoms with E-state index in [0.717, 1.165) is 35.2 Å². The van der Waals surface area contributed by atoms with Crippen molar-refractivity contribution in [3.8, 4) is 11.1 Å². The number of sulfonamides is 1. The predicted molar refractivity (Wildman–Crippen MR) is 114 cm³/mol. The Balaban J connectivity index is 1.66. The van der Waals surface area contributed by atoms with Gasteiger partial charge in [-0.15, -0.1) is 0 Å². The maximum absolute atomic E-state index is 13.0. The highest BCUT2D eigenvalue weighted by atomic mass is 32.2. The molecule has 0 fully saturated rings. The number of nitrogens with zero attached hydrogens (tertiary/aromatic N) is 1. The number of hydrogen-bond donors (Lipinski definition) is 3. The molecule has 2 aromatic carbocycles. The molecule has 6 nitrogen and oxygen atoms in total. The summed E-state index contributed by atoms with van der Waals surface area (Å²) in [6, 6.07) is 14.8. The van der Waals surface area contributed by atoms with E-state index in [9.17, 15) is 8.42 Å². The summed E-state index contributed by atoms with van der Waals surface area (Å²) < 4.78 is 28.7. The lowest BCUT2D eigenvalue weighted by atomic mass is 9.99. The van der Waals surface area contributed by atoms with Crippen molar-refractivity contribution in [1.29, 1.82) is 0 Å². The number of H-pyrrole nitrogens is 1. The van der Waals surface area contributed by atoms with E-state index in [-0.39, 0.29) is 4.90 Å². The van der Waals surface area contributed by atoms with E-state index in [1.165, 1.54) is 11.1 Å². The van der Waals surface area contributed by atoms with Gasteiger partial charge in [-0.3, -0.25) is 4.72 Å². The minimum atomic E-state index is -3.72. The Bertz CT molecular complexity index is 1330. The van der Waals surface area contributed by atoms with Gasteiger partial charge in [-0.1, -0.05) is 30.3 Å². The van der Waals surface area contributed by atoms with E-state index in [2.05, 4.69) is 38.2 Å². The third-order valence-corrected chi connectivity index (χ3v) is 6.69. The minimum Gasteiger partial charge on any atom is -0.345 e. The molecule has 0 saturated heterocycles. The molecule has 29 heavy (non-hydrogen) atoms. The first-order valence-electron chi connectivity index (χ1n) is 9.40. The molecule has 3 heterocycles. The molecule has 2 aromatic heterocycles. The molecule has 1 aliphatic heterocycles. The zero-order valence-corrected chi connectivity index (χ0v) is 16.7. The molecule has 0 saturated carbocycles. The second kappa shape index (κ2) is 6.72. The minimum absolute atomic E-state index is 0.227. The molecular formula is C22H20N4O2S. The number of anilines is 1. The molecule has 4 aromatic rings. The van der Waals surface area contributed by atoms with Crippen molar-refractivity contribution in [1.82, 2.24) is 15.3 Å². The van der Waals surface area contributed by atoms with Gasteiger partial charge >= 0.3 is 0 Å². The molecule has 5 rings (SSSR count). The van der Waals surface area contributed by atoms with Crippen LogP contribution in [0.5, 0.6) is 0 Å². The average Bonchev–Trinajstić information content (AvgIpc) is 3.37. The Kier molecular flexibility index (Phi) is 4.15. The molecule has 7 heteroatoms. The van der Waals surface area contributed by atoms with Crippen molar-refractivity contribution in [3.63, 3.8) is 0 Å². The Labute approximate surface area is 169 Å². The van der Waals surface area contributed by atoms with Crippen LogP contribution in [0.25, 0.3) is 22.2 Å². The van der Waals surface area contributed by atoms with E-state index in [1.807, 2.05) is 13.1 Å². The number of rotatable bonds is 4. The van der Waals surface area contributed by atoms with Gasteiger partial charge < -0.3 is 10.3 Å². The Morgan fingerprint density at radius 2 is 1.83 bits per heavy atom. The fourth-order valence-electron chi connectivity index (χ4n) is 3.80. The largest absolute Gasteiger partial charge is 0.345 e. The van der Waals surface area contributed by atoms with Crippen LogP contribution in [-0.2, 0) is 23.1 Å². The molecule has 0 radical (unpaired) electrons. The van der Waals surface area contributed by atoms with Crippen molar-refractivity contribution >= 4 is 26.7 Å². The number of fused-ring (bicyclic) bond motifs is 2. The maximum Gasteiger partial charge on any atom is 0.261 e. The second-order valence-corrected chi connectivity index (χ2v) is 8.93. The number of pyridine rings is 1. The first kappa shape index (κ1) is 17.9. The van der Waals surface area contributed by atoms with Gasteiger partial charge in [-0.05, 0) is 47.4 Å². The normalized spacial score (nSPS) is 13.6. The quantitative estimate of drug-likeness (QED) is 0.481. The number of aromatic amines is 1. The summed E-state index contributed by atoms with van der Waals surface area (Å²) in [6.07, 6.45) is 3.57. The summed E-state index contributed by atoms with van der Waals surface area (Å²) in [7, 11) is -3.72. The van der Waals surface area contributed by atoms with Crippen molar-refractivity contribution in [3.05, 3.63) is 77.6 Å². The van der Waals surface area contributed by atoms with Crippen LogP contribution in [0.1, 0.15) is 16.7 Å². The van der Waals surface area contributed by atoms with Crippen LogP contribution >= 0.6 is 0 Å². The number of aromatic nitrogens is 2. The average molecular weight is 404 g/mol. The standard InChI is InChI=1S/C22H20N4O2S/c1-14-10-24-22-20(21(14)26-29(27,28)18-5-3-2-4-6-18)19(13-25-22)15-7-8-16-11-23-12-17(16)9-15/h2-10,13,23H,11-12H2,1H3,(H2,24,25,26). The third-order valence-electron chi connectivity index (χ3n) is 5.33. The van der Waals surface area contributed by atoms with Gasteiger partial charge in [-0.25, -0.2) is 13.4 Å². The molecular weight excluding hydrogens is 384 g/mol. The first-order chi connectivity index (χ1) is 14.0. The fraction of sp³-hybridized carbons (Fsp3) is 0.136. The van der Waals surface area contributed by atoms with Crippen molar-refractivity contribution < 1.29 is 8.42 Å². The first-order valence-corrected chi connectivity index (χ1v) is 10.9. The maximum atomic E-state index is 13.0. The van der Waals surface area contributed by atoms with Gasteiger partial charge in [0.05, 0.1) is 16.0 Å². The molecule has 0 unspecified atom stereocenters. The molecule has 0 spiro atoms. The van der Waals surface area contributed by atoms with Crippen molar-refractivity contribution in [2.24, 2.45) is 0 Å². The monoisotopic (exact) mass is 404 g/mol. The Hall–Kier alpha value is -3.16. The highest BCUT2D eigenvalue weighted by Gasteiger charge is 2.21. The van der Waals surface area contributed by atoms with Gasteiger partial charge in [0, 0.05) is 31.0 Å². The molecule has 0 amide bonds. The van der Waals surface area contributed by atoms with Crippen molar-refractivity contribution in [2.75, 3.05) is 4.72 Å².